The molecule has 38 heavy (non-hydrogen) atoms. The van der Waals surface area contributed by atoms with E-state index in [4.69, 9.17) is 0 Å². The zero-order valence-electron chi connectivity index (χ0n) is 23.0. The highest BCUT2D eigenvalue weighted by Crippen LogP contribution is 2.60. The summed E-state index contributed by atoms with van der Waals surface area (Å²) in [6.07, 6.45) is -12.0. The minimum absolute atomic E-state index is 0.142. The van der Waals surface area contributed by atoms with Crippen LogP contribution in [-0.4, -0.2) is 75.3 Å². The van der Waals surface area contributed by atoms with Crippen LogP contribution in [0.25, 0.3) is 0 Å². The van der Waals surface area contributed by atoms with Crippen LogP contribution < -0.4 is 0 Å². The molecule has 0 heterocycles. The SMILES string of the molecule is CCCOC(F)(F)[C@](F)(OCCC)[C@@](F)(OCCC)[C@](F)(OCCC)[C@](F)(OCCC)C(F)(F)OCCC. The fourth-order valence-corrected chi connectivity index (χ4v) is 3.13. The lowest BCUT2D eigenvalue weighted by Gasteiger charge is -2.51. The van der Waals surface area contributed by atoms with Crippen molar-refractivity contribution in [2.75, 3.05) is 39.6 Å². The molecule has 0 saturated heterocycles. The minimum atomic E-state index is -5.43. The summed E-state index contributed by atoms with van der Waals surface area (Å²) in [5.74, 6) is -21.6. The molecule has 0 aromatic carbocycles. The van der Waals surface area contributed by atoms with Crippen LogP contribution in [0.2, 0.25) is 0 Å². The Morgan fingerprint density at radius 3 is 0.711 bits per heavy atom. The topological polar surface area (TPSA) is 55.4 Å². The molecule has 0 radical (unpaired) electrons. The molecule has 0 spiro atoms. The Morgan fingerprint density at radius 2 is 0.500 bits per heavy atom. The van der Waals surface area contributed by atoms with Gasteiger partial charge < -0.3 is 28.4 Å². The molecule has 0 aromatic heterocycles. The molecular formula is C24H42F8O6. The predicted molar refractivity (Wildman–Crippen MR) is 123 cm³/mol. The van der Waals surface area contributed by atoms with E-state index in [1.807, 2.05) is 0 Å². The molecule has 4 atom stereocenters. The molecule has 0 rings (SSSR count). The van der Waals surface area contributed by atoms with Gasteiger partial charge in [-0.1, -0.05) is 41.5 Å². The molecule has 14 heteroatoms. The van der Waals surface area contributed by atoms with E-state index in [0.29, 0.717) is 0 Å². The summed E-state index contributed by atoms with van der Waals surface area (Å²) in [5, 5.41) is 0. The molecule has 0 aromatic rings. The first-order valence-electron chi connectivity index (χ1n) is 13.0. The summed E-state index contributed by atoms with van der Waals surface area (Å²) in [6, 6.07) is 0. The van der Waals surface area contributed by atoms with E-state index < -0.39 is 75.3 Å². The maximum absolute atomic E-state index is 16.9. The van der Waals surface area contributed by atoms with Gasteiger partial charge in [-0.25, -0.2) is 0 Å². The standard InChI is InChI=1S/C24H42F8O6/c1-7-13-33-19(25,21(27,35-15-9-3)23(29,30)37-17-11-5)20(26,34-14-8-2)22(28,36-16-10-4)24(31,32)38-18-12-6/h7-18H2,1-6H3/t19-,20-,21-,22+/m0/s1. The Labute approximate surface area is 219 Å². The molecule has 0 saturated carbocycles. The molecule has 0 bridgehead atoms. The van der Waals surface area contributed by atoms with E-state index in [-0.39, 0.29) is 38.5 Å². The van der Waals surface area contributed by atoms with Crippen molar-refractivity contribution in [1.29, 1.82) is 0 Å². The third-order valence-corrected chi connectivity index (χ3v) is 4.98. The zero-order chi connectivity index (χ0) is 29.7. The number of hydrogen-bond acceptors (Lipinski definition) is 6. The first kappa shape index (κ1) is 37.2. The monoisotopic (exact) mass is 578 g/mol. The van der Waals surface area contributed by atoms with Gasteiger partial charge in [-0.3, -0.25) is 0 Å². The quantitative estimate of drug-likeness (QED) is 0.118. The third kappa shape index (κ3) is 7.48. The summed E-state index contributed by atoms with van der Waals surface area (Å²) >= 11 is 0. The molecule has 0 aliphatic heterocycles. The van der Waals surface area contributed by atoms with Crippen LogP contribution in [0.5, 0.6) is 0 Å². The van der Waals surface area contributed by atoms with Gasteiger partial charge in [0.25, 0.3) is 0 Å². The Morgan fingerprint density at radius 1 is 0.316 bits per heavy atom. The maximum Gasteiger partial charge on any atom is 0.421 e. The van der Waals surface area contributed by atoms with Gasteiger partial charge in [0, 0.05) is 0 Å². The van der Waals surface area contributed by atoms with E-state index in [2.05, 4.69) is 28.4 Å². The van der Waals surface area contributed by atoms with Crippen LogP contribution in [0.4, 0.5) is 35.1 Å². The summed E-state index contributed by atoms with van der Waals surface area (Å²) in [4.78, 5) is 0. The molecule has 0 aliphatic rings. The van der Waals surface area contributed by atoms with Gasteiger partial charge in [-0.05, 0) is 38.5 Å². The first-order chi connectivity index (χ1) is 17.6. The number of ether oxygens (including phenoxy) is 6. The summed E-state index contributed by atoms with van der Waals surface area (Å²) in [5.41, 5.74) is 0. The lowest BCUT2D eigenvalue weighted by atomic mass is 9.90. The van der Waals surface area contributed by atoms with Crippen LogP contribution in [0.1, 0.15) is 80.1 Å². The van der Waals surface area contributed by atoms with Crippen molar-refractivity contribution in [3.05, 3.63) is 0 Å². The van der Waals surface area contributed by atoms with Gasteiger partial charge in [0.05, 0.1) is 39.6 Å². The van der Waals surface area contributed by atoms with Crippen molar-refractivity contribution >= 4 is 0 Å². The van der Waals surface area contributed by atoms with Crippen molar-refractivity contribution in [1.82, 2.24) is 0 Å². The Balaban J connectivity index is 7.64. The van der Waals surface area contributed by atoms with Gasteiger partial charge in [0.2, 0.25) is 0 Å². The molecule has 0 amide bonds. The van der Waals surface area contributed by atoms with Gasteiger partial charge in [-0.15, -0.1) is 0 Å². The lowest BCUT2D eigenvalue weighted by Crippen LogP contribution is -2.80. The third-order valence-electron chi connectivity index (χ3n) is 4.98. The molecule has 0 aliphatic carbocycles. The number of rotatable bonds is 23. The highest BCUT2D eigenvalue weighted by atomic mass is 19.3. The van der Waals surface area contributed by atoms with E-state index in [0.717, 1.165) is 0 Å². The smallest absolute Gasteiger partial charge is 0.337 e. The molecule has 230 valence electrons. The van der Waals surface area contributed by atoms with Crippen LogP contribution >= 0.6 is 0 Å². The van der Waals surface area contributed by atoms with Crippen molar-refractivity contribution in [2.24, 2.45) is 0 Å². The largest absolute Gasteiger partial charge is 0.421 e. The maximum atomic E-state index is 16.9. The number of hydrogen-bond donors (Lipinski definition) is 0. The molecule has 0 N–H and O–H groups in total. The van der Waals surface area contributed by atoms with Gasteiger partial charge >= 0.3 is 35.6 Å². The van der Waals surface area contributed by atoms with Gasteiger partial charge in [0.15, 0.2) is 0 Å². The van der Waals surface area contributed by atoms with E-state index in [9.17, 15) is 0 Å². The van der Waals surface area contributed by atoms with Crippen molar-refractivity contribution in [3.63, 3.8) is 0 Å². The molecule has 0 unspecified atom stereocenters. The summed E-state index contributed by atoms with van der Waals surface area (Å²) in [6.45, 7) is 2.03. The Hall–Kier alpha value is -0.800. The first-order valence-corrected chi connectivity index (χ1v) is 13.0. The van der Waals surface area contributed by atoms with Crippen LogP contribution in [0.3, 0.4) is 0 Å². The Kier molecular flexibility index (Phi) is 15.5. The van der Waals surface area contributed by atoms with Crippen LogP contribution in [-0.2, 0) is 28.4 Å². The summed E-state index contributed by atoms with van der Waals surface area (Å²) in [7, 11) is 0. The van der Waals surface area contributed by atoms with Gasteiger partial charge in [-0.2, -0.15) is 35.1 Å². The Bertz CT molecular complexity index is 609. The van der Waals surface area contributed by atoms with Crippen molar-refractivity contribution < 1.29 is 63.5 Å². The van der Waals surface area contributed by atoms with Crippen LogP contribution in [0, 0.1) is 0 Å². The number of halogens is 8. The van der Waals surface area contributed by atoms with Crippen molar-refractivity contribution in [2.45, 2.75) is 116 Å². The van der Waals surface area contributed by atoms with Gasteiger partial charge in [0.1, 0.15) is 0 Å². The fourth-order valence-electron chi connectivity index (χ4n) is 3.13. The lowest BCUT2D eigenvalue weighted by molar-refractivity contribution is -0.543. The molecule has 6 nitrogen and oxygen atoms in total. The average Bonchev–Trinajstić information content (AvgIpc) is 2.88. The number of alkyl halides is 8. The minimum Gasteiger partial charge on any atom is -0.337 e. The second kappa shape index (κ2) is 15.8. The van der Waals surface area contributed by atoms with E-state index >= 15 is 35.1 Å². The highest BCUT2D eigenvalue weighted by molar-refractivity contribution is 5.11. The predicted octanol–water partition coefficient (Wildman–Crippen LogP) is 7.39. The molecule has 0 fully saturated rings. The average molecular weight is 579 g/mol. The second-order valence-corrected chi connectivity index (χ2v) is 8.51. The van der Waals surface area contributed by atoms with Crippen molar-refractivity contribution in [3.8, 4) is 0 Å². The summed E-state index contributed by atoms with van der Waals surface area (Å²) < 4.78 is 154. The highest BCUT2D eigenvalue weighted by Gasteiger charge is 2.90. The van der Waals surface area contributed by atoms with E-state index in [1.54, 1.807) is 0 Å². The normalized spacial score (nSPS) is 19.4. The van der Waals surface area contributed by atoms with Crippen LogP contribution in [0.15, 0.2) is 0 Å². The van der Waals surface area contributed by atoms with E-state index in [1.165, 1.54) is 41.5 Å². The second-order valence-electron chi connectivity index (χ2n) is 8.51. The molecular weight excluding hydrogens is 536 g/mol. The zero-order valence-corrected chi connectivity index (χ0v) is 23.0. The fraction of sp³-hybridized carbons (Fsp3) is 1.00.